The van der Waals surface area contributed by atoms with Gasteiger partial charge >= 0.3 is 0 Å². The molecule has 3 rings (SSSR count). The van der Waals surface area contributed by atoms with Crippen LogP contribution in [0, 0.1) is 13.8 Å². The fourth-order valence-corrected chi connectivity index (χ4v) is 3.12. The number of ether oxygens (including phenoxy) is 1. The maximum absolute atomic E-state index is 11.9. The number of hydrogen-bond acceptors (Lipinski definition) is 4. The number of carbonyl (C=O) groups excluding carboxylic acids is 1. The van der Waals surface area contributed by atoms with Crippen LogP contribution in [0.25, 0.3) is 11.3 Å². The predicted molar refractivity (Wildman–Crippen MR) is 111 cm³/mol. The van der Waals surface area contributed by atoms with Gasteiger partial charge in [0.2, 0.25) is 0 Å². The van der Waals surface area contributed by atoms with Crippen molar-refractivity contribution in [2.75, 3.05) is 6.61 Å². The molecule has 0 aliphatic rings. The summed E-state index contributed by atoms with van der Waals surface area (Å²) in [6, 6.07) is 14.4. The smallest absolute Gasteiger partial charge is 0.277 e. The molecule has 1 amide bonds. The molecule has 3 aromatic rings. The lowest BCUT2D eigenvalue weighted by molar-refractivity contribution is -0.123. The number of hydrogen-bond donors (Lipinski definition) is 1. The Hall–Kier alpha value is -2.76. The van der Waals surface area contributed by atoms with Gasteiger partial charge in [0.1, 0.15) is 17.3 Å². The van der Waals surface area contributed by atoms with E-state index in [1.165, 1.54) is 6.21 Å². The van der Waals surface area contributed by atoms with Crippen LogP contribution >= 0.6 is 23.2 Å². The Morgan fingerprint density at radius 1 is 1.14 bits per heavy atom. The second kappa shape index (κ2) is 8.95. The molecule has 1 N–H and O–H groups in total. The van der Waals surface area contributed by atoms with Gasteiger partial charge in [0.05, 0.1) is 11.2 Å². The quantitative estimate of drug-likeness (QED) is 0.432. The molecule has 2 aromatic carbocycles. The molecular weight excluding hydrogens is 399 g/mol. The van der Waals surface area contributed by atoms with Crippen LogP contribution in [0.4, 0.5) is 0 Å². The zero-order chi connectivity index (χ0) is 20.1. The molecule has 0 unspecified atom stereocenters. The van der Waals surface area contributed by atoms with Gasteiger partial charge in [0, 0.05) is 10.6 Å². The molecule has 0 bridgehead atoms. The molecule has 0 aliphatic heterocycles. The molecule has 1 heterocycles. The average Bonchev–Trinajstić information content (AvgIpc) is 3.10. The Bertz CT molecular complexity index is 1010. The second-order valence-corrected chi connectivity index (χ2v) is 6.97. The van der Waals surface area contributed by atoms with Crippen molar-refractivity contribution in [3.8, 4) is 17.1 Å². The fourth-order valence-electron chi connectivity index (χ4n) is 2.62. The average molecular weight is 417 g/mol. The normalized spacial score (nSPS) is 11.0. The Kier molecular flexibility index (Phi) is 6.39. The zero-order valence-electron chi connectivity index (χ0n) is 15.3. The summed E-state index contributed by atoms with van der Waals surface area (Å²) in [5.74, 6) is 1.38. The molecule has 1 aromatic heterocycles. The monoisotopic (exact) mass is 416 g/mol. The van der Waals surface area contributed by atoms with Crippen molar-refractivity contribution in [2.24, 2.45) is 5.10 Å². The van der Waals surface area contributed by atoms with Gasteiger partial charge in [0.25, 0.3) is 5.91 Å². The van der Waals surface area contributed by atoms with E-state index in [4.69, 9.17) is 32.4 Å². The van der Waals surface area contributed by atoms with Crippen LogP contribution in [0.3, 0.4) is 0 Å². The number of nitrogens with one attached hydrogen (secondary N) is 1. The van der Waals surface area contributed by atoms with E-state index >= 15 is 0 Å². The van der Waals surface area contributed by atoms with Crippen molar-refractivity contribution in [2.45, 2.75) is 13.8 Å². The standard InChI is InChI=1S/C21H18Cl2N2O3/c1-13-4-3-5-14(2)21(13)27-12-20(26)25-24-11-16-7-9-19(28-16)17-8-6-15(22)10-18(17)23/h3-11H,12H2,1-2H3,(H,25,26)/b24-11+. The van der Waals surface area contributed by atoms with Crippen molar-refractivity contribution in [1.29, 1.82) is 0 Å². The SMILES string of the molecule is Cc1cccc(C)c1OCC(=O)N/N=C/c1ccc(-c2ccc(Cl)cc2Cl)o1. The van der Waals surface area contributed by atoms with Crippen LogP contribution in [-0.2, 0) is 4.79 Å². The highest BCUT2D eigenvalue weighted by molar-refractivity contribution is 6.36. The van der Waals surface area contributed by atoms with Gasteiger partial charge in [-0.05, 0) is 55.3 Å². The number of carbonyl (C=O) groups is 1. The van der Waals surface area contributed by atoms with Crippen molar-refractivity contribution < 1.29 is 13.9 Å². The van der Waals surface area contributed by atoms with Crippen LogP contribution in [0.15, 0.2) is 58.0 Å². The van der Waals surface area contributed by atoms with E-state index in [0.29, 0.717) is 27.3 Å². The summed E-state index contributed by atoms with van der Waals surface area (Å²) < 4.78 is 11.3. The van der Waals surface area contributed by atoms with Gasteiger partial charge in [0.15, 0.2) is 6.61 Å². The van der Waals surface area contributed by atoms with Gasteiger partial charge < -0.3 is 9.15 Å². The lowest BCUT2D eigenvalue weighted by Gasteiger charge is -2.10. The molecule has 0 atom stereocenters. The van der Waals surface area contributed by atoms with E-state index in [9.17, 15) is 4.79 Å². The van der Waals surface area contributed by atoms with Gasteiger partial charge in [-0.1, -0.05) is 41.4 Å². The summed E-state index contributed by atoms with van der Waals surface area (Å²) in [6.45, 7) is 3.73. The highest BCUT2D eigenvalue weighted by Crippen LogP contribution is 2.31. The first-order valence-corrected chi connectivity index (χ1v) is 9.26. The third-order valence-electron chi connectivity index (χ3n) is 3.96. The summed E-state index contributed by atoms with van der Waals surface area (Å²) >= 11 is 12.1. The molecule has 5 nitrogen and oxygen atoms in total. The van der Waals surface area contributed by atoms with Crippen molar-refractivity contribution in [3.63, 3.8) is 0 Å². The number of rotatable bonds is 6. The van der Waals surface area contributed by atoms with Crippen LogP contribution in [0.1, 0.15) is 16.9 Å². The Morgan fingerprint density at radius 3 is 2.61 bits per heavy atom. The minimum Gasteiger partial charge on any atom is -0.483 e. The summed E-state index contributed by atoms with van der Waals surface area (Å²) in [4.78, 5) is 11.9. The molecule has 144 valence electrons. The number of furan rings is 1. The van der Waals surface area contributed by atoms with E-state index < -0.39 is 0 Å². The Morgan fingerprint density at radius 2 is 1.89 bits per heavy atom. The van der Waals surface area contributed by atoms with Gasteiger partial charge in [-0.3, -0.25) is 4.79 Å². The van der Waals surface area contributed by atoms with Crippen LogP contribution in [0.2, 0.25) is 10.0 Å². The van der Waals surface area contributed by atoms with E-state index in [0.717, 1.165) is 16.7 Å². The number of halogens is 2. The van der Waals surface area contributed by atoms with Crippen LogP contribution in [-0.4, -0.2) is 18.7 Å². The summed E-state index contributed by atoms with van der Waals surface area (Å²) in [5, 5.41) is 4.93. The summed E-state index contributed by atoms with van der Waals surface area (Å²) in [6.07, 6.45) is 1.41. The maximum Gasteiger partial charge on any atom is 0.277 e. The molecular formula is C21H18Cl2N2O3. The van der Waals surface area contributed by atoms with Crippen molar-refractivity contribution >= 4 is 35.3 Å². The first kappa shape index (κ1) is 20.0. The van der Waals surface area contributed by atoms with E-state index in [-0.39, 0.29) is 12.5 Å². The van der Waals surface area contributed by atoms with Crippen LogP contribution in [0.5, 0.6) is 5.75 Å². The molecule has 0 fully saturated rings. The second-order valence-electron chi connectivity index (χ2n) is 6.13. The molecule has 0 saturated carbocycles. The number of benzene rings is 2. The fraction of sp³-hybridized carbons (Fsp3) is 0.143. The lowest BCUT2D eigenvalue weighted by atomic mass is 10.1. The van der Waals surface area contributed by atoms with Gasteiger partial charge in [-0.15, -0.1) is 0 Å². The van der Waals surface area contributed by atoms with Crippen molar-refractivity contribution in [1.82, 2.24) is 5.43 Å². The number of aryl methyl sites for hydroxylation is 2. The topological polar surface area (TPSA) is 63.8 Å². The van der Waals surface area contributed by atoms with E-state index in [1.54, 1.807) is 30.3 Å². The molecule has 28 heavy (non-hydrogen) atoms. The number of hydrazone groups is 1. The molecule has 0 aliphatic carbocycles. The van der Waals surface area contributed by atoms with Gasteiger partial charge in [-0.2, -0.15) is 5.10 Å². The molecule has 0 radical (unpaired) electrons. The highest BCUT2D eigenvalue weighted by Gasteiger charge is 2.09. The summed E-state index contributed by atoms with van der Waals surface area (Å²) in [7, 11) is 0. The zero-order valence-corrected chi connectivity index (χ0v) is 16.8. The number of nitrogens with zero attached hydrogens (tertiary/aromatic N) is 1. The maximum atomic E-state index is 11.9. The predicted octanol–water partition coefficient (Wildman–Crippen LogP) is 5.40. The van der Waals surface area contributed by atoms with Crippen LogP contribution < -0.4 is 10.2 Å². The lowest BCUT2D eigenvalue weighted by Crippen LogP contribution is -2.24. The van der Waals surface area contributed by atoms with E-state index in [1.807, 2.05) is 32.0 Å². The third-order valence-corrected chi connectivity index (χ3v) is 4.51. The Balaban J connectivity index is 1.56. The molecule has 0 spiro atoms. The number of amides is 1. The summed E-state index contributed by atoms with van der Waals surface area (Å²) in [5.41, 5.74) is 5.07. The largest absolute Gasteiger partial charge is 0.483 e. The van der Waals surface area contributed by atoms with Crippen molar-refractivity contribution in [3.05, 3.63) is 75.5 Å². The highest BCUT2D eigenvalue weighted by atomic mass is 35.5. The van der Waals surface area contributed by atoms with E-state index in [2.05, 4.69) is 10.5 Å². The minimum atomic E-state index is -0.369. The van der Waals surface area contributed by atoms with Gasteiger partial charge in [-0.25, -0.2) is 5.43 Å². The third kappa shape index (κ3) is 4.94. The Labute approximate surface area is 172 Å². The first-order chi connectivity index (χ1) is 13.4. The number of para-hydroxylation sites is 1. The molecule has 0 saturated heterocycles. The first-order valence-electron chi connectivity index (χ1n) is 8.50. The minimum absolute atomic E-state index is 0.132. The molecule has 7 heteroatoms.